The van der Waals surface area contributed by atoms with Crippen LogP contribution in [0.1, 0.15) is 52.9 Å². The Morgan fingerprint density at radius 2 is 1.74 bits per heavy atom. The molecular formula is C23H36N6O2. The van der Waals surface area contributed by atoms with Gasteiger partial charge in [0, 0.05) is 57.2 Å². The van der Waals surface area contributed by atoms with Gasteiger partial charge in [0.05, 0.1) is 5.41 Å². The van der Waals surface area contributed by atoms with Crippen molar-refractivity contribution in [3.63, 3.8) is 0 Å². The van der Waals surface area contributed by atoms with Crippen LogP contribution in [0.5, 0.6) is 0 Å². The molecule has 170 valence electrons. The Bertz CT molecular complexity index is 783. The highest BCUT2D eigenvalue weighted by molar-refractivity contribution is 5.87. The highest BCUT2D eigenvalue weighted by Crippen LogP contribution is 2.52. The van der Waals surface area contributed by atoms with Gasteiger partial charge in [-0.25, -0.2) is 14.8 Å². The second kappa shape index (κ2) is 8.63. The second-order valence-corrected chi connectivity index (χ2v) is 9.83. The van der Waals surface area contributed by atoms with Crippen LogP contribution in [0.15, 0.2) is 18.5 Å². The van der Waals surface area contributed by atoms with E-state index in [0.717, 1.165) is 57.7 Å². The van der Waals surface area contributed by atoms with Crippen molar-refractivity contribution in [2.45, 2.75) is 58.4 Å². The van der Waals surface area contributed by atoms with Crippen LogP contribution >= 0.6 is 0 Å². The zero-order chi connectivity index (χ0) is 22.1. The lowest BCUT2D eigenvalue weighted by Crippen LogP contribution is -2.55. The normalized spacial score (nSPS) is 22.6. The molecule has 0 atom stereocenters. The lowest BCUT2D eigenvalue weighted by atomic mass is 9.71. The predicted molar refractivity (Wildman–Crippen MR) is 120 cm³/mol. The number of rotatable bonds is 4. The quantitative estimate of drug-likeness (QED) is 0.797. The number of nitrogens with one attached hydrogen (secondary N) is 1. The molecule has 3 aliphatic heterocycles. The molecule has 3 fully saturated rings. The van der Waals surface area contributed by atoms with Crippen molar-refractivity contribution in [3.8, 4) is 0 Å². The molecule has 0 saturated carbocycles. The van der Waals surface area contributed by atoms with Crippen molar-refractivity contribution in [1.82, 2.24) is 25.1 Å². The van der Waals surface area contributed by atoms with Gasteiger partial charge in [0.15, 0.2) is 0 Å². The van der Waals surface area contributed by atoms with Gasteiger partial charge in [0.25, 0.3) is 0 Å². The Morgan fingerprint density at radius 1 is 1.10 bits per heavy atom. The number of anilines is 1. The zero-order valence-corrected chi connectivity index (χ0v) is 19.1. The van der Waals surface area contributed by atoms with Gasteiger partial charge >= 0.3 is 6.03 Å². The molecule has 0 unspecified atom stereocenters. The number of aromatic nitrogens is 2. The van der Waals surface area contributed by atoms with Crippen LogP contribution in [0, 0.1) is 11.3 Å². The first kappa shape index (κ1) is 21.8. The highest BCUT2D eigenvalue weighted by Gasteiger charge is 2.59. The smallest absolute Gasteiger partial charge is 0.317 e. The van der Waals surface area contributed by atoms with Crippen LogP contribution in [0.4, 0.5) is 10.7 Å². The molecule has 1 aromatic heterocycles. The van der Waals surface area contributed by atoms with Crippen LogP contribution in [-0.4, -0.2) is 76.5 Å². The largest absolute Gasteiger partial charge is 0.341 e. The number of amides is 3. The van der Waals surface area contributed by atoms with Crippen LogP contribution < -0.4 is 10.2 Å². The molecule has 2 spiro atoms. The van der Waals surface area contributed by atoms with Crippen LogP contribution in [0.2, 0.25) is 0 Å². The van der Waals surface area contributed by atoms with Gasteiger partial charge in [-0.3, -0.25) is 4.79 Å². The number of carbonyl (C=O) groups is 2. The van der Waals surface area contributed by atoms with E-state index in [2.05, 4.69) is 45.9 Å². The summed E-state index contributed by atoms with van der Waals surface area (Å²) in [6.45, 7) is 10.8. The molecule has 4 rings (SSSR count). The Labute approximate surface area is 185 Å². The Kier molecular flexibility index (Phi) is 6.08. The Hall–Kier alpha value is -2.38. The topological polar surface area (TPSA) is 81.7 Å². The van der Waals surface area contributed by atoms with Gasteiger partial charge < -0.3 is 20.0 Å². The van der Waals surface area contributed by atoms with Gasteiger partial charge in [0.1, 0.15) is 0 Å². The van der Waals surface area contributed by atoms with E-state index in [1.54, 1.807) is 12.4 Å². The van der Waals surface area contributed by atoms with Gasteiger partial charge in [-0.2, -0.15) is 0 Å². The number of likely N-dealkylation sites (tertiary alicyclic amines) is 2. The first-order valence-electron chi connectivity index (χ1n) is 11.8. The minimum atomic E-state index is -0.274. The lowest BCUT2D eigenvalue weighted by Gasteiger charge is -2.45. The molecule has 8 nitrogen and oxygen atoms in total. The molecule has 3 aliphatic rings. The minimum absolute atomic E-state index is 0.0294. The van der Waals surface area contributed by atoms with Crippen LogP contribution in [0.3, 0.4) is 0 Å². The van der Waals surface area contributed by atoms with E-state index >= 15 is 0 Å². The molecule has 0 aliphatic carbocycles. The summed E-state index contributed by atoms with van der Waals surface area (Å²) >= 11 is 0. The second-order valence-electron chi connectivity index (χ2n) is 9.83. The van der Waals surface area contributed by atoms with E-state index < -0.39 is 0 Å². The Morgan fingerprint density at radius 3 is 2.32 bits per heavy atom. The Balaban J connectivity index is 1.42. The number of hydrogen-bond donors (Lipinski definition) is 1. The molecule has 31 heavy (non-hydrogen) atoms. The lowest BCUT2D eigenvalue weighted by molar-refractivity contribution is -0.139. The molecule has 4 heterocycles. The number of piperidine rings is 2. The van der Waals surface area contributed by atoms with Crippen LogP contribution in [0.25, 0.3) is 0 Å². The third-order valence-electron chi connectivity index (χ3n) is 7.45. The molecule has 0 bridgehead atoms. The third-order valence-corrected chi connectivity index (χ3v) is 7.45. The van der Waals surface area contributed by atoms with E-state index in [1.807, 2.05) is 11.0 Å². The fourth-order valence-electron chi connectivity index (χ4n) is 5.74. The minimum Gasteiger partial charge on any atom is -0.341 e. The summed E-state index contributed by atoms with van der Waals surface area (Å²) in [5.74, 6) is 1.52. The van der Waals surface area contributed by atoms with E-state index in [4.69, 9.17) is 0 Å². The predicted octanol–water partition coefficient (Wildman–Crippen LogP) is 2.52. The average molecular weight is 429 g/mol. The van der Waals surface area contributed by atoms with Crippen molar-refractivity contribution in [3.05, 3.63) is 18.5 Å². The van der Waals surface area contributed by atoms with E-state index in [-0.39, 0.29) is 17.0 Å². The summed E-state index contributed by atoms with van der Waals surface area (Å²) in [5, 5.41) is 3.03. The van der Waals surface area contributed by atoms with E-state index in [1.165, 1.54) is 0 Å². The molecule has 0 radical (unpaired) electrons. The first-order chi connectivity index (χ1) is 14.9. The SMILES string of the molecule is CCN1C(=O)C2(CCN(c3ncccn3)CC2)CC12CCN(C(=O)NCC(C)C)CC2. The molecule has 1 N–H and O–H groups in total. The van der Waals surface area contributed by atoms with Gasteiger partial charge in [-0.1, -0.05) is 13.8 Å². The summed E-state index contributed by atoms with van der Waals surface area (Å²) < 4.78 is 0. The van der Waals surface area contributed by atoms with Gasteiger partial charge in [-0.05, 0) is 51.0 Å². The zero-order valence-electron chi connectivity index (χ0n) is 19.1. The summed E-state index contributed by atoms with van der Waals surface area (Å²) in [6.07, 6.45) is 7.89. The number of carbonyl (C=O) groups excluding carboxylic acids is 2. The standard InChI is InChI=1S/C23H36N6O2/c1-4-29-19(30)22(6-12-27(13-7-22)20-24-10-5-11-25-20)17-23(29)8-14-28(15-9-23)21(31)26-16-18(2)3/h5,10-11,18H,4,6-9,12-17H2,1-3H3,(H,26,31). The summed E-state index contributed by atoms with van der Waals surface area (Å²) in [7, 11) is 0. The maximum Gasteiger partial charge on any atom is 0.317 e. The maximum atomic E-state index is 13.6. The summed E-state index contributed by atoms with van der Waals surface area (Å²) in [6, 6.07) is 1.86. The van der Waals surface area contributed by atoms with Crippen molar-refractivity contribution in [2.75, 3.05) is 44.2 Å². The van der Waals surface area contributed by atoms with Gasteiger partial charge in [0.2, 0.25) is 11.9 Å². The fourth-order valence-corrected chi connectivity index (χ4v) is 5.74. The first-order valence-corrected chi connectivity index (χ1v) is 11.8. The average Bonchev–Trinajstić information content (AvgIpc) is 3.00. The van der Waals surface area contributed by atoms with Crippen molar-refractivity contribution in [2.24, 2.45) is 11.3 Å². The van der Waals surface area contributed by atoms with E-state index in [9.17, 15) is 9.59 Å². The summed E-state index contributed by atoms with van der Waals surface area (Å²) in [5.41, 5.74) is -0.380. The van der Waals surface area contributed by atoms with E-state index in [0.29, 0.717) is 31.5 Å². The molecule has 1 aromatic rings. The van der Waals surface area contributed by atoms with Crippen molar-refractivity contribution in [1.29, 1.82) is 0 Å². The summed E-state index contributed by atoms with van der Waals surface area (Å²) in [4.78, 5) is 41.1. The molecule has 3 amide bonds. The van der Waals surface area contributed by atoms with Gasteiger partial charge in [-0.15, -0.1) is 0 Å². The number of nitrogens with zero attached hydrogens (tertiary/aromatic N) is 5. The fraction of sp³-hybridized carbons (Fsp3) is 0.739. The maximum absolute atomic E-state index is 13.6. The number of hydrogen-bond acceptors (Lipinski definition) is 5. The van der Waals surface area contributed by atoms with Crippen molar-refractivity contribution < 1.29 is 9.59 Å². The molecule has 3 saturated heterocycles. The number of urea groups is 1. The third kappa shape index (κ3) is 4.08. The van der Waals surface area contributed by atoms with Crippen LogP contribution in [-0.2, 0) is 4.79 Å². The molecule has 0 aromatic carbocycles. The monoisotopic (exact) mass is 428 g/mol. The molecular weight excluding hydrogens is 392 g/mol. The highest BCUT2D eigenvalue weighted by atomic mass is 16.2. The van der Waals surface area contributed by atoms with Crippen molar-refractivity contribution >= 4 is 17.9 Å². The molecule has 8 heteroatoms.